The average molecular weight is 427 g/mol. The highest BCUT2D eigenvalue weighted by Crippen LogP contribution is 2.27. The van der Waals surface area contributed by atoms with E-state index in [9.17, 15) is 4.79 Å². The summed E-state index contributed by atoms with van der Waals surface area (Å²) in [6, 6.07) is 26.0. The van der Waals surface area contributed by atoms with E-state index in [2.05, 4.69) is 82.6 Å². The van der Waals surface area contributed by atoms with Crippen molar-refractivity contribution < 1.29 is 4.79 Å². The molecular formula is C29H34N2O. The quantitative estimate of drug-likeness (QED) is 0.535. The Balaban J connectivity index is 1.16. The molecule has 0 aromatic heterocycles. The Hall–Kier alpha value is -2.65. The van der Waals surface area contributed by atoms with Crippen molar-refractivity contribution >= 4 is 16.7 Å². The first-order chi connectivity index (χ1) is 15.8. The van der Waals surface area contributed by atoms with Gasteiger partial charge in [0.1, 0.15) is 0 Å². The van der Waals surface area contributed by atoms with Gasteiger partial charge in [-0.05, 0) is 66.5 Å². The molecule has 3 nitrogen and oxygen atoms in total. The van der Waals surface area contributed by atoms with E-state index in [1.54, 1.807) is 0 Å². The van der Waals surface area contributed by atoms with E-state index in [4.69, 9.17) is 0 Å². The number of likely N-dealkylation sites (tertiary alicyclic amines) is 2. The largest absolute Gasteiger partial charge is 0.342 e. The Kier molecular flexibility index (Phi) is 6.54. The molecule has 2 saturated heterocycles. The highest BCUT2D eigenvalue weighted by atomic mass is 16.2. The summed E-state index contributed by atoms with van der Waals surface area (Å²) in [4.78, 5) is 18.0. The molecule has 2 aliphatic heterocycles. The monoisotopic (exact) mass is 426 g/mol. The lowest BCUT2D eigenvalue weighted by molar-refractivity contribution is -0.138. The summed E-state index contributed by atoms with van der Waals surface area (Å²) in [5.74, 6) is 1.26. The van der Waals surface area contributed by atoms with E-state index in [0.717, 1.165) is 64.8 Å². The maximum absolute atomic E-state index is 13.3. The molecule has 0 bridgehead atoms. The van der Waals surface area contributed by atoms with Crippen LogP contribution in [0.3, 0.4) is 0 Å². The van der Waals surface area contributed by atoms with E-state index in [-0.39, 0.29) is 5.92 Å². The molecule has 0 spiro atoms. The van der Waals surface area contributed by atoms with Crippen LogP contribution < -0.4 is 0 Å². The van der Waals surface area contributed by atoms with Gasteiger partial charge >= 0.3 is 0 Å². The zero-order chi connectivity index (χ0) is 21.8. The number of piperidine rings is 2. The van der Waals surface area contributed by atoms with Crippen molar-refractivity contribution in [3.05, 3.63) is 83.9 Å². The van der Waals surface area contributed by atoms with Gasteiger partial charge in [0.2, 0.25) is 5.91 Å². The molecule has 0 saturated carbocycles. The number of hydrogen-bond acceptors (Lipinski definition) is 2. The number of rotatable bonds is 5. The number of fused-ring (bicyclic) bond motifs is 1. The second-order valence-corrected chi connectivity index (χ2v) is 9.67. The van der Waals surface area contributed by atoms with E-state index >= 15 is 0 Å². The predicted octanol–water partition coefficient (Wildman–Crippen LogP) is 5.53. The number of amides is 1. The maximum Gasteiger partial charge on any atom is 0.226 e. The molecule has 0 N–H and O–H groups in total. The van der Waals surface area contributed by atoms with Crippen LogP contribution in [0.4, 0.5) is 0 Å². The molecule has 2 heterocycles. The minimum absolute atomic E-state index is 0.157. The molecule has 2 fully saturated rings. The van der Waals surface area contributed by atoms with Gasteiger partial charge < -0.3 is 4.90 Å². The first-order valence-corrected chi connectivity index (χ1v) is 12.3. The van der Waals surface area contributed by atoms with Gasteiger partial charge in [0.25, 0.3) is 0 Å². The molecule has 3 aromatic rings. The topological polar surface area (TPSA) is 23.6 Å². The number of benzene rings is 3. The lowest BCUT2D eigenvalue weighted by Gasteiger charge is -2.38. The zero-order valence-corrected chi connectivity index (χ0v) is 19.0. The van der Waals surface area contributed by atoms with Crippen molar-refractivity contribution in [3.63, 3.8) is 0 Å². The number of carbonyl (C=O) groups excluding carboxylic acids is 1. The van der Waals surface area contributed by atoms with Gasteiger partial charge in [0.15, 0.2) is 0 Å². The molecule has 2 aliphatic rings. The minimum atomic E-state index is 0.157. The highest BCUT2D eigenvalue weighted by molar-refractivity contribution is 5.85. The molecule has 3 heteroatoms. The minimum Gasteiger partial charge on any atom is -0.342 e. The molecule has 0 radical (unpaired) electrons. The standard InChI is InChI=1S/C29H34N2O/c32-29(31-18-15-24(16-19-31)20-23-8-2-1-3-9-23)27-13-7-17-30(22-27)21-26-12-6-11-25-10-4-5-14-28(25)26/h1-6,8-12,14,24,27H,7,13,15-22H2/t27-/m1/s1. The fraction of sp³-hybridized carbons (Fsp3) is 0.414. The van der Waals surface area contributed by atoms with Crippen LogP contribution in [0.5, 0.6) is 0 Å². The smallest absolute Gasteiger partial charge is 0.226 e. The van der Waals surface area contributed by atoms with Gasteiger partial charge in [-0.15, -0.1) is 0 Å². The van der Waals surface area contributed by atoms with Gasteiger partial charge in [-0.3, -0.25) is 9.69 Å². The average Bonchev–Trinajstić information content (AvgIpc) is 2.85. The van der Waals surface area contributed by atoms with Crippen molar-refractivity contribution in [2.24, 2.45) is 11.8 Å². The molecule has 5 rings (SSSR count). The normalized spacial score (nSPS) is 20.5. The third-order valence-corrected chi connectivity index (χ3v) is 7.42. The van der Waals surface area contributed by atoms with Crippen LogP contribution in [0.15, 0.2) is 72.8 Å². The third kappa shape index (κ3) is 4.88. The molecule has 3 aromatic carbocycles. The fourth-order valence-corrected chi connectivity index (χ4v) is 5.64. The molecule has 1 atom stereocenters. The zero-order valence-electron chi connectivity index (χ0n) is 19.0. The molecule has 1 amide bonds. The van der Waals surface area contributed by atoms with Crippen LogP contribution in [0.1, 0.15) is 36.8 Å². The van der Waals surface area contributed by atoms with Gasteiger partial charge in [0.05, 0.1) is 5.92 Å². The Morgan fingerprint density at radius 1 is 0.812 bits per heavy atom. The van der Waals surface area contributed by atoms with Crippen LogP contribution in [0.25, 0.3) is 10.8 Å². The molecule has 166 valence electrons. The summed E-state index contributed by atoms with van der Waals surface area (Å²) in [6.45, 7) is 4.77. The van der Waals surface area contributed by atoms with Crippen LogP contribution >= 0.6 is 0 Å². The first-order valence-electron chi connectivity index (χ1n) is 12.3. The van der Waals surface area contributed by atoms with Crippen LogP contribution in [-0.2, 0) is 17.8 Å². The van der Waals surface area contributed by atoms with Crippen LogP contribution in [-0.4, -0.2) is 41.9 Å². The van der Waals surface area contributed by atoms with Gasteiger partial charge in [-0.1, -0.05) is 72.8 Å². The predicted molar refractivity (Wildman–Crippen MR) is 131 cm³/mol. The lowest BCUT2D eigenvalue weighted by Crippen LogP contribution is -2.47. The second-order valence-electron chi connectivity index (χ2n) is 9.67. The number of carbonyl (C=O) groups is 1. The van der Waals surface area contributed by atoms with E-state index in [1.807, 2.05) is 0 Å². The van der Waals surface area contributed by atoms with Crippen LogP contribution in [0, 0.1) is 11.8 Å². The van der Waals surface area contributed by atoms with Crippen molar-refractivity contribution in [3.8, 4) is 0 Å². The van der Waals surface area contributed by atoms with E-state index < -0.39 is 0 Å². The number of nitrogens with zero attached hydrogens (tertiary/aromatic N) is 2. The maximum atomic E-state index is 13.3. The third-order valence-electron chi connectivity index (χ3n) is 7.42. The molecule has 0 unspecified atom stereocenters. The molecule has 32 heavy (non-hydrogen) atoms. The summed E-state index contributed by atoms with van der Waals surface area (Å²) >= 11 is 0. The Morgan fingerprint density at radius 2 is 1.56 bits per heavy atom. The summed E-state index contributed by atoms with van der Waals surface area (Å²) in [7, 11) is 0. The van der Waals surface area contributed by atoms with Crippen molar-refractivity contribution in [1.82, 2.24) is 9.80 Å². The Morgan fingerprint density at radius 3 is 2.41 bits per heavy atom. The van der Waals surface area contributed by atoms with Gasteiger partial charge in [-0.2, -0.15) is 0 Å². The van der Waals surface area contributed by atoms with Gasteiger partial charge in [-0.25, -0.2) is 0 Å². The summed E-state index contributed by atoms with van der Waals surface area (Å²) in [6.07, 6.45) is 5.56. The Bertz CT molecular complexity index is 1030. The van der Waals surface area contributed by atoms with E-state index in [0.29, 0.717) is 11.8 Å². The fourth-order valence-electron chi connectivity index (χ4n) is 5.64. The Labute approximate surface area is 192 Å². The molecule has 0 aliphatic carbocycles. The lowest BCUT2D eigenvalue weighted by atomic mass is 9.89. The summed E-state index contributed by atoms with van der Waals surface area (Å²) < 4.78 is 0. The van der Waals surface area contributed by atoms with Gasteiger partial charge in [0, 0.05) is 26.2 Å². The summed E-state index contributed by atoms with van der Waals surface area (Å²) in [5.41, 5.74) is 2.80. The second kappa shape index (κ2) is 9.87. The SMILES string of the molecule is O=C([C@@H]1CCCN(Cc2cccc3ccccc23)C1)N1CCC(Cc2ccccc2)CC1. The van der Waals surface area contributed by atoms with Crippen molar-refractivity contribution in [1.29, 1.82) is 0 Å². The van der Waals surface area contributed by atoms with Crippen LogP contribution in [0.2, 0.25) is 0 Å². The van der Waals surface area contributed by atoms with E-state index in [1.165, 1.54) is 21.9 Å². The highest BCUT2D eigenvalue weighted by Gasteiger charge is 2.31. The first kappa shape index (κ1) is 21.2. The molecular weight excluding hydrogens is 392 g/mol. The number of hydrogen-bond donors (Lipinski definition) is 0. The van der Waals surface area contributed by atoms with Crippen molar-refractivity contribution in [2.45, 2.75) is 38.6 Å². The van der Waals surface area contributed by atoms with Crippen molar-refractivity contribution in [2.75, 3.05) is 26.2 Å². The summed E-state index contributed by atoms with van der Waals surface area (Å²) in [5, 5.41) is 2.64.